The summed E-state index contributed by atoms with van der Waals surface area (Å²) in [6.07, 6.45) is 0. The van der Waals surface area contributed by atoms with Gasteiger partial charge in [-0.3, -0.25) is 7.32 Å². The number of hydrogen-bond acceptors (Lipinski definition) is 3. The molecule has 0 saturated carbocycles. The van der Waals surface area contributed by atoms with E-state index in [1.165, 1.54) is 0 Å². The van der Waals surface area contributed by atoms with Crippen LogP contribution in [-0.4, -0.2) is 60.0 Å². The summed E-state index contributed by atoms with van der Waals surface area (Å²) in [7, 11) is -2.92. The van der Waals surface area contributed by atoms with E-state index in [0.29, 0.717) is 0 Å². The van der Waals surface area contributed by atoms with Gasteiger partial charge in [-0.2, -0.15) is 0 Å². The first-order chi connectivity index (χ1) is 17.5. The molecular formula is C21H54BF3I9N3O3. The number of rotatable bonds is 12. The summed E-state index contributed by atoms with van der Waals surface area (Å²) in [5, 5.41) is 25.2. The minimum absolute atomic E-state index is 0.315. The molecule has 0 fully saturated rings. The maximum absolute atomic E-state index is 14.1. The second-order valence-corrected chi connectivity index (χ2v) is 84.3. The fraction of sp³-hybridized carbons (Fsp3) is 1.00. The Morgan fingerprint density at radius 1 is 0.425 bits per heavy atom. The SMILES string of the molecule is CCI(C)(CC)(CC)[N+](F)(I)I.CCI(C)(CC)(CC)[N+](F)(I)I.CCI(C)(CC)(CC)[N+](F)(I)I.[O-]B([O-])[O-]. The molecule has 0 aromatic heterocycles. The third kappa shape index (κ3) is 13.5. The van der Waals surface area contributed by atoms with Crippen LogP contribution >= 0.6 is 189 Å². The van der Waals surface area contributed by atoms with E-state index in [9.17, 15) is 13.4 Å². The van der Waals surface area contributed by atoms with E-state index in [1.807, 2.05) is 137 Å². The van der Waals surface area contributed by atoms with Crippen LogP contribution in [0.15, 0.2) is 0 Å². The zero-order valence-electron chi connectivity index (χ0n) is 26.0. The molecule has 0 radical (unpaired) electrons. The second-order valence-electron chi connectivity index (χ2n) is 9.53. The van der Waals surface area contributed by atoms with Crippen molar-refractivity contribution in [3.63, 3.8) is 0 Å². The Hall–Kier alpha value is 6.18. The van der Waals surface area contributed by atoms with Crippen LogP contribution in [0.4, 0.5) is 13.4 Å². The van der Waals surface area contributed by atoms with Gasteiger partial charge in [0.1, 0.15) is 0 Å². The van der Waals surface area contributed by atoms with Crippen molar-refractivity contribution < 1.29 is 26.6 Å². The van der Waals surface area contributed by atoms with Gasteiger partial charge >= 0.3 is 318 Å². The molecule has 0 spiro atoms. The maximum Gasteiger partial charge on any atom is -0.278 e. The van der Waals surface area contributed by atoms with Crippen LogP contribution in [0, 0.1) is 0 Å². The van der Waals surface area contributed by atoms with Gasteiger partial charge < -0.3 is 15.1 Å². The summed E-state index contributed by atoms with van der Waals surface area (Å²) in [4.78, 5) is 6.68. The molecule has 19 heteroatoms. The molecule has 0 aliphatic heterocycles. The van der Waals surface area contributed by atoms with Crippen molar-refractivity contribution in [2.24, 2.45) is 0 Å². The first-order valence-electron chi connectivity index (χ1n) is 12.6. The third-order valence-corrected chi connectivity index (χ3v) is 104. The monoisotopic (exact) mass is 1610 g/mol. The van der Waals surface area contributed by atoms with E-state index >= 15 is 0 Å². The van der Waals surface area contributed by atoms with Gasteiger partial charge in [-0.25, -0.2) is 0 Å². The summed E-state index contributed by atoms with van der Waals surface area (Å²) < 4.78 is 50.7. The molecular weight excluding hydrogens is 1550 g/mol. The van der Waals surface area contributed by atoms with Crippen LogP contribution in [0.3, 0.4) is 0 Å². The van der Waals surface area contributed by atoms with E-state index in [1.54, 1.807) is 0 Å². The van der Waals surface area contributed by atoms with Gasteiger partial charge in [0.05, 0.1) is 0 Å². The molecule has 0 N–H and O–H groups in total. The van der Waals surface area contributed by atoms with Gasteiger partial charge in [-0.15, -0.1) is 0 Å². The van der Waals surface area contributed by atoms with Gasteiger partial charge in [-0.1, -0.05) is 0 Å². The van der Waals surface area contributed by atoms with Gasteiger partial charge in [-0.05, 0) is 0 Å². The number of nitrogens with zero attached hydrogens (tertiary/aromatic N) is 3. The molecule has 0 aromatic rings. The molecule has 0 rings (SSSR count). The molecule has 0 unspecified atom stereocenters. The van der Waals surface area contributed by atoms with Crippen LogP contribution in [0.25, 0.3) is 0 Å². The van der Waals surface area contributed by atoms with Gasteiger partial charge in [0.25, 0.3) is 0 Å². The van der Waals surface area contributed by atoms with Gasteiger partial charge in [0.2, 0.25) is 0 Å². The standard InChI is InChI=1S/3C7H18FI3N.BO3/c3*1-5-11(4,6-2,7-3)12(8,9)10;2-1(3)4/h3*5-7H2,1-4H3;/q3*+1;-3. The Kier molecular flexibility index (Phi) is 26.7. The van der Waals surface area contributed by atoms with E-state index < -0.39 is 59.3 Å². The van der Waals surface area contributed by atoms with Crippen molar-refractivity contribution in [3.8, 4) is 0 Å². The molecule has 0 heterocycles. The molecule has 0 atom stereocenters. The van der Waals surface area contributed by atoms with Crippen LogP contribution < -0.4 is 15.1 Å². The minimum atomic E-state index is -2.92. The van der Waals surface area contributed by atoms with Crippen LogP contribution in [0.2, 0.25) is 0 Å². The predicted octanol–water partition coefficient (Wildman–Crippen LogP) is 9.76. The molecule has 0 amide bonds. The first kappa shape index (κ1) is 53.0. The summed E-state index contributed by atoms with van der Waals surface area (Å²) in [6, 6.07) is 0. The Balaban J connectivity index is -0.000000227. The molecule has 0 saturated heterocycles. The first-order valence-corrected chi connectivity index (χ1v) is 41.5. The van der Waals surface area contributed by atoms with E-state index in [-0.39, 0.29) is -1.96 Å². The number of halogens is 12. The molecule has 40 heavy (non-hydrogen) atoms. The zero-order chi connectivity index (χ0) is 33.8. The van der Waals surface area contributed by atoms with E-state index in [2.05, 4.69) is 77.1 Å². The molecule has 0 aliphatic carbocycles. The molecule has 0 bridgehead atoms. The Bertz CT molecular complexity index is 606. The average molecular weight is 1610 g/mol. The van der Waals surface area contributed by atoms with Crippen molar-refractivity contribution in [2.75, 3.05) is 54.6 Å². The Labute approximate surface area is 333 Å². The Morgan fingerprint density at radius 3 is 0.500 bits per heavy atom. The van der Waals surface area contributed by atoms with Crippen LogP contribution in [0.5, 0.6) is 0 Å². The molecule has 0 aromatic carbocycles. The van der Waals surface area contributed by atoms with E-state index in [0.717, 1.165) is 39.8 Å². The summed E-state index contributed by atoms with van der Waals surface area (Å²) >= 11 is 3.32. The average Bonchev–Trinajstić information content (AvgIpc) is 2.86. The number of quaternary nitrogens is 3. The Morgan fingerprint density at radius 2 is 0.500 bits per heavy atom. The minimum Gasteiger partial charge on any atom is -0.907 e. The van der Waals surface area contributed by atoms with Crippen molar-refractivity contribution in [2.45, 2.75) is 62.3 Å². The van der Waals surface area contributed by atoms with Gasteiger partial charge in [0.15, 0.2) is 0 Å². The van der Waals surface area contributed by atoms with E-state index in [4.69, 9.17) is 15.1 Å². The van der Waals surface area contributed by atoms with Gasteiger partial charge in [0, 0.05) is 0 Å². The summed E-state index contributed by atoms with van der Waals surface area (Å²) in [6.45, 7) is 19.3. The van der Waals surface area contributed by atoms with Crippen LogP contribution in [0.1, 0.15) is 62.3 Å². The largest absolute Gasteiger partial charge is 0.907 e. The normalized spacial score (nSPS) is 16.1. The van der Waals surface area contributed by atoms with Crippen molar-refractivity contribution in [1.29, 1.82) is 0 Å². The molecule has 6 nitrogen and oxygen atoms in total. The topological polar surface area (TPSA) is 69.2 Å². The van der Waals surface area contributed by atoms with Crippen molar-refractivity contribution >= 4 is 196 Å². The maximum atomic E-state index is 14.1. The zero-order valence-corrected chi connectivity index (χ0v) is 45.5. The fourth-order valence-corrected chi connectivity index (χ4v) is 50.7. The fourth-order valence-electron chi connectivity index (χ4n) is 2.92. The van der Waals surface area contributed by atoms with Crippen molar-refractivity contribution in [1.82, 2.24) is 0 Å². The quantitative estimate of drug-likeness (QED) is 0.0847. The van der Waals surface area contributed by atoms with Crippen molar-refractivity contribution in [3.05, 3.63) is 0 Å². The van der Waals surface area contributed by atoms with Crippen LogP contribution in [-0.2, 0) is 0 Å². The number of hydrogen-bond donors (Lipinski definition) is 0. The number of alkyl halides is 12. The predicted molar refractivity (Wildman–Crippen MR) is 249 cm³/mol. The third-order valence-electron chi connectivity index (χ3n) is 8.68. The molecule has 0 aliphatic rings. The smallest absolute Gasteiger partial charge is 0.278 e. The summed E-state index contributed by atoms with van der Waals surface area (Å²) in [5.74, 6) is 0. The summed E-state index contributed by atoms with van der Waals surface area (Å²) in [5.41, 5.74) is 0. The molecule has 258 valence electrons. The second kappa shape index (κ2) is 20.1.